The number of carbonyl (C=O) groups excluding carboxylic acids is 1. The van der Waals surface area contributed by atoms with Gasteiger partial charge in [0.25, 0.3) is 0 Å². The Balaban J connectivity index is 1.93. The first-order valence-corrected chi connectivity index (χ1v) is 7.72. The zero-order valence-electron chi connectivity index (χ0n) is 11.5. The SMILES string of the molecule is COCCNCCCSCC1(CC(=O)OC)CC1. The van der Waals surface area contributed by atoms with Crippen LogP contribution in [0.4, 0.5) is 0 Å². The highest BCUT2D eigenvalue weighted by atomic mass is 32.2. The van der Waals surface area contributed by atoms with Gasteiger partial charge in [-0.1, -0.05) is 0 Å². The third kappa shape index (κ3) is 6.61. The molecule has 4 nitrogen and oxygen atoms in total. The normalized spacial score (nSPS) is 16.6. The van der Waals surface area contributed by atoms with E-state index >= 15 is 0 Å². The Hall–Kier alpha value is -0.260. The molecule has 0 bridgehead atoms. The van der Waals surface area contributed by atoms with Crippen molar-refractivity contribution >= 4 is 17.7 Å². The molecule has 0 saturated heterocycles. The van der Waals surface area contributed by atoms with Crippen LogP contribution in [0, 0.1) is 5.41 Å². The van der Waals surface area contributed by atoms with Crippen LogP contribution in [0.15, 0.2) is 0 Å². The van der Waals surface area contributed by atoms with E-state index in [0.29, 0.717) is 6.42 Å². The molecule has 0 heterocycles. The lowest BCUT2D eigenvalue weighted by Gasteiger charge is -2.12. The number of carbonyl (C=O) groups is 1. The lowest BCUT2D eigenvalue weighted by atomic mass is 10.1. The van der Waals surface area contributed by atoms with Crippen molar-refractivity contribution in [2.24, 2.45) is 5.41 Å². The summed E-state index contributed by atoms with van der Waals surface area (Å²) in [4.78, 5) is 11.2. The van der Waals surface area contributed by atoms with Crippen LogP contribution in [-0.2, 0) is 14.3 Å². The van der Waals surface area contributed by atoms with Crippen LogP contribution in [0.1, 0.15) is 25.7 Å². The Morgan fingerprint density at radius 3 is 2.72 bits per heavy atom. The predicted molar refractivity (Wildman–Crippen MR) is 75.0 cm³/mol. The first-order chi connectivity index (χ1) is 8.72. The molecule has 0 spiro atoms. The number of methoxy groups -OCH3 is 2. The van der Waals surface area contributed by atoms with Gasteiger partial charge in [-0.25, -0.2) is 0 Å². The fourth-order valence-electron chi connectivity index (χ4n) is 1.81. The van der Waals surface area contributed by atoms with Crippen molar-refractivity contribution in [3.05, 3.63) is 0 Å². The largest absolute Gasteiger partial charge is 0.469 e. The number of hydrogen-bond donors (Lipinski definition) is 1. The van der Waals surface area contributed by atoms with Crippen molar-refractivity contribution in [3.8, 4) is 0 Å². The molecule has 0 amide bonds. The molecular weight excluding hydrogens is 250 g/mol. The summed E-state index contributed by atoms with van der Waals surface area (Å²) in [6.45, 7) is 2.74. The minimum absolute atomic E-state index is 0.0608. The molecule has 0 unspecified atom stereocenters. The molecule has 0 aliphatic heterocycles. The number of thioether (sulfide) groups is 1. The second kappa shape index (κ2) is 8.77. The standard InChI is InChI=1S/C13H25NO3S/c1-16-8-7-14-6-3-9-18-11-13(4-5-13)10-12(15)17-2/h14H,3-11H2,1-2H3. The molecule has 1 N–H and O–H groups in total. The maximum atomic E-state index is 11.2. The Morgan fingerprint density at radius 2 is 2.11 bits per heavy atom. The third-order valence-corrected chi connectivity index (χ3v) is 4.63. The van der Waals surface area contributed by atoms with Gasteiger partial charge >= 0.3 is 5.97 Å². The maximum Gasteiger partial charge on any atom is 0.306 e. The summed E-state index contributed by atoms with van der Waals surface area (Å²) in [5.74, 6) is 2.19. The summed E-state index contributed by atoms with van der Waals surface area (Å²) < 4.78 is 9.70. The smallest absolute Gasteiger partial charge is 0.306 e. The minimum Gasteiger partial charge on any atom is -0.469 e. The highest BCUT2D eigenvalue weighted by molar-refractivity contribution is 7.99. The van der Waals surface area contributed by atoms with Crippen molar-refractivity contribution in [1.82, 2.24) is 5.32 Å². The van der Waals surface area contributed by atoms with E-state index in [2.05, 4.69) is 5.32 Å². The molecule has 1 rings (SSSR count). The molecule has 0 aromatic rings. The molecule has 18 heavy (non-hydrogen) atoms. The Bertz CT molecular complexity index is 244. The highest BCUT2D eigenvalue weighted by Crippen LogP contribution is 2.51. The van der Waals surface area contributed by atoms with Gasteiger partial charge < -0.3 is 14.8 Å². The molecule has 1 saturated carbocycles. The first-order valence-electron chi connectivity index (χ1n) is 6.57. The molecule has 0 aromatic carbocycles. The van der Waals surface area contributed by atoms with E-state index in [0.717, 1.165) is 31.2 Å². The Labute approximate surface area is 114 Å². The number of hydrogen-bond acceptors (Lipinski definition) is 5. The van der Waals surface area contributed by atoms with Gasteiger partial charge in [-0.3, -0.25) is 4.79 Å². The third-order valence-electron chi connectivity index (χ3n) is 3.24. The quantitative estimate of drug-likeness (QED) is 0.459. The second-order valence-corrected chi connectivity index (χ2v) is 6.01. The van der Waals surface area contributed by atoms with Crippen LogP contribution < -0.4 is 5.32 Å². The average molecular weight is 275 g/mol. The molecule has 0 aromatic heterocycles. The van der Waals surface area contributed by atoms with Crippen LogP contribution in [0.3, 0.4) is 0 Å². The number of ether oxygens (including phenoxy) is 2. The van der Waals surface area contributed by atoms with Crippen LogP contribution in [0.2, 0.25) is 0 Å². The van der Waals surface area contributed by atoms with Crippen LogP contribution in [0.25, 0.3) is 0 Å². The fourth-order valence-corrected chi connectivity index (χ4v) is 3.13. The van der Waals surface area contributed by atoms with E-state index in [1.54, 1.807) is 7.11 Å². The van der Waals surface area contributed by atoms with Gasteiger partial charge in [0.1, 0.15) is 0 Å². The van der Waals surface area contributed by atoms with Crippen LogP contribution in [0.5, 0.6) is 0 Å². The van der Waals surface area contributed by atoms with Crippen molar-refractivity contribution in [1.29, 1.82) is 0 Å². The van der Waals surface area contributed by atoms with Crippen molar-refractivity contribution in [3.63, 3.8) is 0 Å². The van der Waals surface area contributed by atoms with Crippen LogP contribution >= 0.6 is 11.8 Å². The highest BCUT2D eigenvalue weighted by Gasteiger charge is 2.44. The summed E-state index contributed by atoms with van der Waals surface area (Å²) in [5.41, 5.74) is 0.265. The zero-order chi connectivity index (χ0) is 13.3. The van der Waals surface area contributed by atoms with Gasteiger partial charge in [0.2, 0.25) is 0 Å². The summed E-state index contributed by atoms with van der Waals surface area (Å²) in [6, 6.07) is 0. The number of nitrogens with one attached hydrogen (secondary N) is 1. The van der Waals surface area contributed by atoms with Gasteiger partial charge in [0.15, 0.2) is 0 Å². The van der Waals surface area contributed by atoms with Crippen molar-refractivity contribution < 1.29 is 14.3 Å². The van der Waals surface area contributed by atoms with Gasteiger partial charge in [-0.15, -0.1) is 0 Å². The monoisotopic (exact) mass is 275 g/mol. The Kier molecular flexibility index (Phi) is 7.70. The minimum atomic E-state index is -0.0608. The van der Waals surface area contributed by atoms with Gasteiger partial charge in [0.05, 0.1) is 20.1 Å². The van der Waals surface area contributed by atoms with E-state index in [1.807, 2.05) is 11.8 Å². The molecule has 0 radical (unpaired) electrons. The van der Waals surface area contributed by atoms with Gasteiger partial charge in [0, 0.05) is 13.7 Å². The van der Waals surface area contributed by atoms with E-state index in [1.165, 1.54) is 26.4 Å². The second-order valence-electron chi connectivity index (χ2n) is 4.90. The summed E-state index contributed by atoms with van der Waals surface area (Å²) in [7, 11) is 3.19. The summed E-state index contributed by atoms with van der Waals surface area (Å²) in [6.07, 6.45) is 4.13. The molecule has 5 heteroatoms. The number of rotatable bonds is 11. The van der Waals surface area contributed by atoms with E-state index in [-0.39, 0.29) is 11.4 Å². The lowest BCUT2D eigenvalue weighted by Crippen LogP contribution is -2.20. The van der Waals surface area contributed by atoms with E-state index < -0.39 is 0 Å². The molecule has 106 valence electrons. The molecule has 1 aliphatic carbocycles. The molecule has 1 fully saturated rings. The van der Waals surface area contributed by atoms with Gasteiger partial charge in [-0.05, 0) is 42.7 Å². The fraction of sp³-hybridized carbons (Fsp3) is 0.923. The lowest BCUT2D eigenvalue weighted by molar-refractivity contribution is -0.141. The topological polar surface area (TPSA) is 47.6 Å². The molecular formula is C13H25NO3S. The predicted octanol–water partition coefficient (Wildman–Crippen LogP) is 1.69. The summed E-state index contributed by atoms with van der Waals surface area (Å²) in [5, 5.41) is 3.33. The average Bonchev–Trinajstić information content (AvgIpc) is 3.12. The van der Waals surface area contributed by atoms with Crippen LogP contribution in [-0.4, -0.2) is 51.4 Å². The summed E-state index contributed by atoms with van der Waals surface area (Å²) >= 11 is 1.96. The van der Waals surface area contributed by atoms with Crippen molar-refractivity contribution in [2.45, 2.75) is 25.7 Å². The molecule has 0 atom stereocenters. The van der Waals surface area contributed by atoms with Gasteiger partial charge in [-0.2, -0.15) is 11.8 Å². The van der Waals surface area contributed by atoms with E-state index in [9.17, 15) is 4.79 Å². The first kappa shape index (κ1) is 15.8. The molecule has 1 aliphatic rings. The maximum absolute atomic E-state index is 11.2. The number of esters is 1. The van der Waals surface area contributed by atoms with E-state index in [4.69, 9.17) is 9.47 Å². The zero-order valence-corrected chi connectivity index (χ0v) is 12.3. The Morgan fingerprint density at radius 1 is 1.33 bits per heavy atom. The van der Waals surface area contributed by atoms with Crippen molar-refractivity contribution in [2.75, 3.05) is 45.4 Å².